The number of rotatable bonds is 9. The molecule has 0 amide bonds. The van der Waals surface area contributed by atoms with Crippen molar-refractivity contribution in [3.8, 4) is 6.07 Å². The van der Waals surface area contributed by atoms with Crippen LogP contribution in [0.2, 0.25) is 0 Å². The average Bonchev–Trinajstić information content (AvgIpc) is 3.14. The van der Waals surface area contributed by atoms with Crippen LogP contribution in [0.3, 0.4) is 0 Å². The molecule has 0 atom stereocenters. The third kappa shape index (κ3) is 5.13. The number of thiophene rings is 1. The Morgan fingerprint density at radius 3 is 2.48 bits per heavy atom. The summed E-state index contributed by atoms with van der Waals surface area (Å²) >= 11 is 1.54. The van der Waals surface area contributed by atoms with Crippen LogP contribution in [0.5, 0.6) is 0 Å². The molecule has 5 nitrogen and oxygen atoms in total. The highest BCUT2D eigenvalue weighted by atomic mass is 32.2. The molecule has 1 aromatic heterocycles. The third-order valence-corrected chi connectivity index (χ3v) is 6.78. The van der Waals surface area contributed by atoms with Crippen molar-refractivity contribution in [2.24, 2.45) is 0 Å². The molecule has 2 aromatic rings. The minimum absolute atomic E-state index is 0.169. The van der Waals surface area contributed by atoms with Crippen LogP contribution in [0.1, 0.15) is 24.3 Å². The van der Waals surface area contributed by atoms with Gasteiger partial charge in [0.1, 0.15) is 0 Å². The number of hydrogen-bond acceptors (Lipinski definition) is 5. The van der Waals surface area contributed by atoms with Crippen LogP contribution in [-0.4, -0.2) is 43.8 Å². The lowest BCUT2D eigenvalue weighted by Crippen LogP contribution is -2.38. The van der Waals surface area contributed by atoms with Crippen LogP contribution in [0, 0.1) is 11.3 Å². The lowest BCUT2D eigenvalue weighted by molar-refractivity contribution is 0.269. The zero-order valence-corrected chi connectivity index (χ0v) is 16.2. The van der Waals surface area contributed by atoms with Gasteiger partial charge in [0, 0.05) is 24.5 Å². The first-order chi connectivity index (χ1) is 12.0. The van der Waals surface area contributed by atoms with Gasteiger partial charge in [0.15, 0.2) is 0 Å². The summed E-state index contributed by atoms with van der Waals surface area (Å²) in [5.74, 6) is 0. The van der Waals surface area contributed by atoms with E-state index < -0.39 is 10.0 Å². The number of nitriles is 1. The number of nitrogens with zero attached hydrogens (tertiary/aromatic N) is 3. The summed E-state index contributed by atoms with van der Waals surface area (Å²) in [5, 5.41) is 11.0. The molecule has 0 saturated carbocycles. The molecule has 0 aliphatic rings. The van der Waals surface area contributed by atoms with E-state index >= 15 is 0 Å². The van der Waals surface area contributed by atoms with E-state index in [0.717, 1.165) is 18.0 Å². The van der Waals surface area contributed by atoms with Crippen molar-refractivity contribution in [3.63, 3.8) is 0 Å². The Labute approximate surface area is 154 Å². The highest BCUT2D eigenvalue weighted by Crippen LogP contribution is 2.21. The molecule has 0 saturated heterocycles. The molecule has 1 heterocycles. The fourth-order valence-corrected chi connectivity index (χ4v) is 4.79. The summed E-state index contributed by atoms with van der Waals surface area (Å²) in [6.45, 7) is 7.34. The number of sulfonamides is 1. The molecule has 2 rings (SSSR count). The molecule has 0 fully saturated rings. The monoisotopic (exact) mass is 377 g/mol. The molecule has 7 heteroatoms. The van der Waals surface area contributed by atoms with Gasteiger partial charge in [0.25, 0.3) is 0 Å². The highest BCUT2D eigenvalue weighted by molar-refractivity contribution is 7.89. The predicted molar refractivity (Wildman–Crippen MR) is 101 cm³/mol. The minimum Gasteiger partial charge on any atom is -0.303 e. The Bertz CT molecular complexity index is 807. The van der Waals surface area contributed by atoms with Crippen LogP contribution in [0.4, 0.5) is 0 Å². The summed E-state index contributed by atoms with van der Waals surface area (Å²) in [5.41, 5.74) is 0.348. The first-order valence-electron chi connectivity index (χ1n) is 8.26. The summed E-state index contributed by atoms with van der Waals surface area (Å²) in [6.07, 6.45) is 0. The van der Waals surface area contributed by atoms with E-state index in [1.807, 2.05) is 23.6 Å². The van der Waals surface area contributed by atoms with E-state index in [0.29, 0.717) is 25.2 Å². The van der Waals surface area contributed by atoms with E-state index in [4.69, 9.17) is 5.26 Å². The number of hydrogen-bond donors (Lipinski definition) is 0. The van der Waals surface area contributed by atoms with Crippen molar-refractivity contribution in [3.05, 3.63) is 52.2 Å². The Morgan fingerprint density at radius 2 is 1.88 bits per heavy atom. The van der Waals surface area contributed by atoms with E-state index in [1.165, 1.54) is 10.4 Å². The van der Waals surface area contributed by atoms with Crippen molar-refractivity contribution in [2.45, 2.75) is 25.3 Å². The molecular weight excluding hydrogens is 354 g/mol. The molecule has 134 valence electrons. The maximum Gasteiger partial charge on any atom is 0.243 e. The molecule has 0 aliphatic heterocycles. The van der Waals surface area contributed by atoms with Gasteiger partial charge in [-0.15, -0.1) is 11.3 Å². The summed E-state index contributed by atoms with van der Waals surface area (Å²) in [7, 11) is -3.66. The van der Waals surface area contributed by atoms with Gasteiger partial charge in [0.05, 0.1) is 16.5 Å². The smallest absolute Gasteiger partial charge is 0.243 e. The molecule has 25 heavy (non-hydrogen) atoms. The summed E-state index contributed by atoms with van der Waals surface area (Å²) in [6, 6.07) is 12.1. The first-order valence-corrected chi connectivity index (χ1v) is 10.6. The first kappa shape index (κ1) is 19.6. The fraction of sp³-hybridized carbons (Fsp3) is 0.389. The van der Waals surface area contributed by atoms with Crippen LogP contribution < -0.4 is 0 Å². The van der Waals surface area contributed by atoms with E-state index in [-0.39, 0.29) is 4.90 Å². The van der Waals surface area contributed by atoms with Crippen LogP contribution in [0.15, 0.2) is 46.7 Å². The second-order valence-electron chi connectivity index (χ2n) is 5.58. The number of likely N-dealkylation sites (N-methyl/N-ethyl adjacent to an activating group) is 1. The van der Waals surface area contributed by atoms with Crippen molar-refractivity contribution < 1.29 is 8.42 Å². The second-order valence-corrected chi connectivity index (χ2v) is 8.55. The zero-order valence-electron chi connectivity index (χ0n) is 14.6. The summed E-state index contributed by atoms with van der Waals surface area (Å²) in [4.78, 5) is 3.37. The van der Waals surface area contributed by atoms with Crippen molar-refractivity contribution in [2.75, 3.05) is 26.2 Å². The largest absolute Gasteiger partial charge is 0.303 e. The maximum atomic E-state index is 13.1. The van der Waals surface area contributed by atoms with Gasteiger partial charge in [-0.3, -0.25) is 0 Å². The normalized spacial score (nSPS) is 11.8. The molecule has 0 radical (unpaired) electrons. The fourth-order valence-electron chi connectivity index (χ4n) is 2.53. The van der Waals surface area contributed by atoms with E-state index in [2.05, 4.69) is 18.7 Å². The van der Waals surface area contributed by atoms with Gasteiger partial charge in [-0.25, -0.2) is 8.42 Å². The Hall–Kier alpha value is -1.72. The van der Waals surface area contributed by atoms with Gasteiger partial charge in [-0.05, 0) is 42.7 Å². The van der Waals surface area contributed by atoms with Crippen LogP contribution in [-0.2, 0) is 16.6 Å². The Balaban J connectivity index is 2.29. The Kier molecular flexibility index (Phi) is 7.14. The van der Waals surface area contributed by atoms with Gasteiger partial charge in [-0.1, -0.05) is 26.0 Å². The van der Waals surface area contributed by atoms with Crippen molar-refractivity contribution >= 4 is 21.4 Å². The van der Waals surface area contributed by atoms with Gasteiger partial charge >= 0.3 is 0 Å². The van der Waals surface area contributed by atoms with E-state index in [9.17, 15) is 8.42 Å². The topological polar surface area (TPSA) is 64.4 Å². The van der Waals surface area contributed by atoms with Gasteiger partial charge in [0.2, 0.25) is 10.0 Å². The zero-order chi connectivity index (χ0) is 18.3. The van der Waals surface area contributed by atoms with Crippen molar-refractivity contribution in [1.29, 1.82) is 5.26 Å². The quantitative estimate of drug-likeness (QED) is 0.673. The van der Waals surface area contributed by atoms with Crippen molar-refractivity contribution in [1.82, 2.24) is 9.21 Å². The molecule has 0 N–H and O–H groups in total. The number of benzene rings is 1. The summed E-state index contributed by atoms with van der Waals surface area (Å²) < 4.78 is 27.7. The minimum atomic E-state index is -3.66. The second kappa shape index (κ2) is 9.11. The van der Waals surface area contributed by atoms with Crippen LogP contribution in [0.25, 0.3) is 0 Å². The lowest BCUT2D eigenvalue weighted by atomic mass is 10.2. The maximum absolute atomic E-state index is 13.1. The molecule has 0 spiro atoms. The molecular formula is C18H23N3O2S2. The van der Waals surface area contributed by atoms with Gasteiger partial charge in [-0.2, -0.15) is 9.57 Å². The molecule has 1 aromatic carbocycles. The SMILES string of the molecule is CCN(CC)CCN(Cc1cccs1)S(=O)(=O)c1cccc(C#N)c1. The highest BCUT2D eigenvalue weighted by Gasteiger charge is 2.25. The van der Waals surface area contributed by atoms with E-state index in [1.54, 1.807) is 29.5 Å². The van der Waals surface area contributed by atoms with Crippen LogP contribution >= 0.6 is 11.3 Å². The lowest BCUT2D eigenvalue weighted by Gasteiger charge is -2.25. The molecule has 0 aliphatic carbocycles. The third-order valence-electron chi connectivity index (χ3n) is 4.07. The van der Waals surface area contributed by atoms with Gasteiger partial charge < -0.3 is 4.90 Å². The average molecular weight is 378 g/mol. The standard InChI is InChI=1S/C18H23N3O2S2/c1-3-20(4-2)10-11-21(15-17-8-6-12-24-17)25(22,23)18-9-5-7-16(13-18)14-19/h5-9,12-13H,3-4,10-11,15H2,1-2H3. The predicted octanol–water partition coefficient (Wildman–Crippen LogP) is 3.15. The molecule has 0 bridgehead atoms. The Morgan fingerprint density at radius 1 is 1.12 bits per heavy atom. The molecule has 0 unspecified atom stereocenters.